The molecule has 0 saturated carbocycles. The molecule has 0 amide bonds. The Hall–Kier alpha value is -0.300. The second kappa shape index (κ2) is 4.97. The molecule has 0 fully saturated rings. The van der Waals surface area contributed by atoms with E-state index < -0.39 is 12.2 Å². The fraction of sp³-hybridized carbons (Fsp3) is 0.875. The van der Waals surface area contributed by atoms with E-state index in [4.69, 9.17) is 10.8 Å². The lowest BCUT2D eigenvalue weighted by atomic mass is 10.0. The second-order valence-electron chi connectivity index (χ2n) is 3.35. The van der Waals surface area contributed by atoms with Gasteiger partial charge in [0.1, 0.15) is 6.10 Å². The van der Waals surface area contributed by atoms with Gasteiger partial charge in [0.05, 0.1) is 12.1 Å². The molecule has 82 valence electrons. The van der Waals surface area contributed by atoms with Crippen LogP contribution in [-0.4, -0.2) is 50.6 Å². The van der Waals surface area contributed by atoms with Crippen LogP contribution in [0.3, 0.4) is 0 Å². The van der Waals surface area contributed by atoms with Crippen molar-refractivity contribution in [3.8, 4) is 0 Å². The van der Waals surface area contributed by atoms with Crippen molar-refractivity contribution in [2.45, 2.75) is 36.8 Å². The normalized spacial score (nSPS) is 31.3. The molecular weight excluding hydrogens is 204 g/mol. The molecule has 5 nitrogen and oxygen atoms in total. The van der Waals surface area contributed by atoms with E-state index in [9.17, 15) is 10.2 Å². The van der Waals surface area contributed by atoms with E-state index in [2.05, 4.69) is 4.99 Å². The average Bonchev–Trinajstić information content (AvgIpc) is 2.44. The molecule has 4 atom stereocenters. The molecule has 0 aromatic carbocycles. The molecule has 0 spiro atoms. The van der Waals surface area contributed by atoms with Crippen molar-refractivity contribution in [2.24, 2.45) is 10.7 Å². The van der Waals surface area contributed by atoms with Gasteiger partial charge in [-0.15, -0.1) is 0 Å². The van der Waals surface area contributed by atoms with Gasteiger partial charge in [0.2, 0.25) is 0 Å². The largest absolute Gasteiger partial charge is 0.396 e. The Morgan fingerprint density at radius 1 is 1.57 bits per heavy atom. The van der Waals surface area contributed by atoms with Crippen molar-refractivity contribution in [2.75, 3.05) is 6.61 Å². The Balaban J connectivity index is 2.55. The molecule has 5 N–H and O–H groups in total. The molecule has 1 aliphatic heterocycles. The number of amidine groups is 1. The molecule has 0 radical (unpaired) electrons. The third-order valence-electron chi connectivity index (χ3n) is 2.23. The maximum absolute atomic E-state index is 9.70. The van der Waals surface area contributed by atoms with Crippen LogP contribution in [0.15, 0.2) is 4.99 Å². The molecule has 14 heavy (non-hydrogen) atoms. The number of nitrogens with two attached hydrogens (primary N) is 1. The first-order valence-corrected chi connectivity index (χ1v) is 5.41. The lowest BCUT2D eigenvalue weighted by Gasteiger charge is -2.23. The average molecular weight is 220 g/mol. The van der Waals surface area contributed by atoms with Gasteiger partial charge in [0.15, 0.2) is 5.17 Å². The Labute approximate surface area is 87.0 Å². The molecule has 1 heterocycles. The zero-order valence-corrected chi connectivity index (χ0v) is 8.81. The maximum Gasteiger partial charge on any atom is 0.154 e. The number of hydrogen-bond donors (Lipinski definition) is 4. The summed E-state index contributed by atoms with van der Waals surface area (Å²) in [4.78, 5) is 4.04. The van der Waals surface area contributed by atoms with E-state index in [-0.39, 0.29) is 24.3 Å². The minimum atomic E-state index is -0.953. The molecule has 0 bridgehead atoms. The van der Waals surface area contributed by atoms with Gasteiger partial charge in [-0.3, -0.25) is 4.99 Å². The summed E-state index contributed by atoms with van der Waals surface area (Å²) in [5, 5.41) is 28.3. The summed E-state index contributed by atoms with van der Waals surface area (Å²) in [6, 6.07) is -0.374. The first-order valence-electron chi connectivity index (χ1n) is 4.53. The quantitative estimate of drug-likeness (QED) is 0.482. The van der Waals surface area contributed by atoms with Crippen molar-refractivity contribution >= 4 is 16.9 Å². The van der Waals surface area contributed by atoms with Gasteiger partial charge in [-0.25, -0.2) is 0 Å². The highest BCUT2D eigenvalue weighted by Gasteiger charge is 2.34. The van der Waals surface area contributed by atoms with Gasteiger partial charge in [-0.05, 0) is 6.42 Å². The Kier molecular flexibility index (Phi) is 4.18. The molecular formula is C8H16N2O3S. The monoisotopic (exact) mass is 220 g/mol. The van der Waals surface area contributed by atoms with E-state index in [0.29, 0.717) is 5.17 Å². The van der Waals surface area contributed by atoms with Crippen molar-refractivity contribution in [3.05, 3.63) is 0 Å². The van der Waals surface area contributed by atoms with Gasteiger partial charge < -0.3 is 21.1 Å². The van der Waals surface area contributed by atoms with Crippen LogP contribution in [0.25, 0.3) is 0 Å². The van der Waals surface area contributed by atoms with Crippen LogP contribution in [0.1, 0.15) is 13.3 Å². The van der Waals surface area contributed by atoms with Crippen molar-refractivity contribution in [1.82, 2.24) is 0 Å². The first kappa shape index (κ1) is 11.8. The summed E-state index contributed by atoms with van der Waals surface area (Å²) < 4.78 is 0. The summed E-state index contributed by atoms with van der Waals surface area (Å²) in [6.07, 6.45) is -1.74. The third kappa shape index (κ3) is 2.60. The smallest absolute Gasteiger partial charge is 0.154 e. The van der Waals surface area contributed by atoms with Gasteiger partial charge in [0, 0.05) is 11.9 Å². The summed E-state index contributed by atoms with van der Waals surface area (Å²) in [5.41, 5.74) is 5.50. The molecule has 0 aromatic rings. The third-order valence-corrected chi connectivity index (χ3v) is 3.23. The fourth-order valence-electron chi connectivity index (χ4n) is 1.43. The summed E-state index contributed by atoms with van der Waals surface area (Å²) in [6.45, 7) is 1.75. The predicted octanol–water partition coefficient (Wildman–Crippen LogP) is -1.09. The minimum absolute atomic E-state index is 0.0679. The number of thioether (sulfide) groups is 1. The second-order valence-corrected chi connectivity index (χ2v) is 4.75. The van der Waals surface area contributed by atoms with E-state index in [1.807, 2.05) is 6.92 Å². The standard InChI is InChI=1S/C8H16N2O3S/c1-4-6(10-8(9)14-4)7(13)5(12)2-3-11/h4-7,11-13H,2-3H2,1H3,(H2,9,10)/t4-,5?,6?,7+/m1/s1. The van der Waals surface area contributed by atoms with Crippen molar-refractivity contribution in [1.29, 1.82) is 0 Å². The highest BCUT2D eigenvalue weighted by molar-refractivity contribution is 8.14. The minimum Gasteiger partial charge on any atom is -0.396 e. The molecule has 1 rings (SSSR count). The Morgan fingerprint density at radius 2 is 2.21 bits per heavy atom. The van der Waals surface area contributed by atoms with E-state index in [1.54, 1.807) is 0 Å². The molecule has 6 heteroatoms. The fourth-order valence-corrected chi connectivity index (χ4v) is 2.35. The summed E-state index contributed by atoms with van der Waals surface area (Å²) in [7, 11) is 0. The van der Waals surface area contributed by atoms with Crippen LogP contribution in [0.5, 0.6) is 0 Å². The van der Waals surface area contributed by atoms with Gasteiger partial charge >= 0.3 is 0 Å². The summed E-state index contributed by atoms with van der Waals surface area (Å²) >= 11 is 1.39. The molecule has 0 saturated heterocycles. The molecule has 0 aliphatic carbocycles. The number of aliphatic hydroxyl groups excluding tert-OH is 3. The number of aliphatic imine (C=N–C) groups is 1. The lowest BCUT2D eigenvalue weighted by molar-refractivity contribution is -0.00691. The summed E-state index contributed by atoms with van der Waals surface area (Å²) in [5.74, 6) is 0. The van der Waals surface area contributed by atoms with E-state index >= 15 is 0 Å². The highest BCUT2D eigenvalue weighted by atomic mass is 32.2. The predicted molar refractivity (Wildman–Crippen MR) is 56.2 cm³/mol. The number of rotatable bonds is 4. The molecule has 0 aromatic heterocycles. The Bertz CT molecular complexity index is 225. The first-order chi connectivity index (χ1) is 6.56. The van der Waals surface area contributed by atoms with E-state index in [1.165, 1.54) is 11.8 Å². The van der Waals surface area contributed by atoms with Crippen LogP contribution in [-0.2, 0) is 0 Å². The topological polar surface area (TPSA) is 99.1 Å². The van der Waals surface area contributed by atoms with Crippen LogP contribution in [0.4, 0.5) is 0 Å². The van der Waals surface area contributed by atoms with Crippen molar-refractivity contribution in [3.63, 3.8) is 0 Å². The highest BCUT2D eigenvalue weighted by Crippen LogP contribution is 2.27. The Morgan fingerprint density at radius 3 is 2.64 bits per heavy atom. The number of hydrogen-bond acceptors (Lipinski definition) is 6. The van der Waals surface area contributed by atoms with Crippen LogP contribution < -0.4 is 5.73 Å². The molecule has 2 unspecified atom stereocenters. The zero-order valence-electron chi connectivity index (χ0n) is 8.00. The van der Waals surface area contributed by atoms with Gasteiger partial charge in [-0.2, -0.15) is 0 Å². The van der Waals surface area contributed by atoms with Crippen molar-refractivity contribution < 1.29 is 15.3 Å². The van der Waals surface area contributed by atoms with Gasteiger partial charge in [-0.1, -0.05) is 18.7 Å². The van der Waals surface area contributed by atoms with Crippen LogP contribution in [0, 0.1) is 0 Å². The van der Waals surface area contributed by atoms with Gasteiger partial charge in [0.25, 0.3) is 0 Å². The number of aliphatic hydroxyl groups is 3. The maximum atomic E-state index is 9.70. The number of nitrogens with zero attached hydrogens (tertiary/aromatic N) is 1. The van der Waals surface area contributed by atoms with E-state index in [0.717, 1.165) is 0 Å². The zero-order chi connectivity index (χ0) is 10.7. The lowest BCUT2D eigenvalue weighted by Crippen LogP contribution is -2.40. The molecule has 1 aliphatic rings. The van der Waals surface area contributed by atoms with Crippen LogP contribution >= 0.6 is 11.8 Å². The SMILES string of the molecule is C[C@H]1SC(N)=NC1[C@@H](O)C(O)CCO. The van der Waals surface area contributed by atoms with Crippen LogP contribution in [0.2, 0.25) is 0 Å².